The first-order valence-electron chi connectivity index (χ1n) is 7.81. The van der Waals surface area contributed by atoms with E-state index in [1.807, 2.05) is 31.2 Å². The Hall–Kier alpha value is -2.82. The number of carbonyl (C=O) groups is 2. The van der Waals surface area contributed by atoms with Crippen LogP contribution in [0.4, 0.5) is 5.69 Å². The van der Waals surface area contributed by atoms with E-state index in [9.17, 15) is 9.59 Å². The van der Waals surface area contributed by atoms with Crippen molar-refractivity contribution in [2.75, 3.05) is 11.9 Å². The molecule has 5 heteroatoms. The second-order valence-corrected chi connectivity index (χ2v) is 5.36. The number of hydrogen-bond donors (Lipinski definition) is 1. The highest BCUT2D eigenvalue weighted by molar-refractivity contribution is 5.94. The summed E-state index contributed by atoms with van der Waals surface area (Å²) in [6.45, 7) is 5.73. The first-order valence-corrected chi connectivity index (χ1v) is 7.81. The van der Waals surface area contributed by atoms with E-state index in [1.54, 1.807) is 38.1 Å². The van der Waals surface area contributed by atoms with Gasteiger partial charge in [0, 0.05) is 5.69 Å². The molecule has 2 aromatic rings. The van der Waals surface area contributed by atoms with Gasteiger partial charge >= 0.3 is 5.97 Å². The largest absolute Gasteiger partial charge is 0.481 e. The number of anilines is 1. The van der Waals surface area contributed by atoms with Crippen LogP contribution >= 0.6 is 0 Å². The van der Waals surface area contributed by atoms with Crippen LogP contribution in [0.2, 0.25) is 0 Å². The van der Waals surface area contributed by atoms with Gasteiger partial charge in [0.1, 0.15) is 5.75 Å². The highest BCUT2D eigenvalue weighted by Gasteiger charge is 2.15. The third-order valence-electron chi connectivity index (χ3n) is 3.37. The molecule has 0 saturated carbocycles. The van der Waals surface area contributed by atoms with Crippen molar-refractivity contribution in [2.24, 2.45) is 0 Å². The van der Waals surface area contributed by atoms with Gasteiger partial charge in [0.25, 0.3) is 5.91 Å². The molecule has 24 heavy (non-hydrogen) atoms. The third-order valence-corrected chi connectivity index (χ3v) is 3.37. The second kappa shape index (κ2) is 8.15. The summed E-state index contributed by atoms with van der Waals surface area (Å²) < 4.78 is 10.5. The van der Waals surface area contributed by atoms with Crippen molar-refractivity contribution >= 4 is 17.6 Å². The van der Waals surface area contributed by atoms with E-state index in [0.29, 0.717) is 17.9 Å². The Balaban J connectivity index is 1.93. The number of esters is 1. The predicted molar refractivity (Wildman–Crippen MR) is 92.3 cm³/mol. The molecule has 0 aromatic heterocycles. The van der Waals surface area contributed by atoms with Crippen molar-refractivity contribution in [3.8, 4) is 5.75 Å². The molecule has 5 nitrogen and oxygen atoms in total. The summed E-state index contributed by atoms with van der Waals surface area (Å²) in [5.41, 5.74) is 2.29. The molecule has 0 aliphatic rings. The number of carbonyl (C=O) groups excluding carboxylic acids is 2. The molecule has 2 rings (SSSR count). The Labute approximate surface area is 141 Å². The van der Waals surface area contributed by atoms with Crippen LogP contribution in [0.5, 0.6) is 5.75 Å². The number of ether oxygens (including phenoxy) is 2. The SMILES string of the molecule is CCOC(=O)c1ccc(O[C@@H](C)C(=O)Nc2ccc(C)cc2)cc1. The molecule has 0 aliphatic heterocycles. The summed E-state index contributed by atoms with van der Waals surface area (Å²) in [5, 5.41) is 2.80. The predicted octanol–water partition coefficient (Wildman–Crippen LogP) is 3.58. The van der Waals surface area contributed by atoms with E-state index in [1.165, 1.54) is 0 Å². The topological polar surface area (TPSA) is 64.6 Å². The molecule has 0 bridgehead atoms. The number of nitrogens with one attached hydrogen (secondary N) is 1. The molecular formula is C19H21NO4. The summed E-state index contributed by atoms with van der Waals surface area (Å²) in [4.78, 5) is 23.7. The van der Waals surface area contributed by atoms with E-state index >= 15 is 0 Å². The van der Waals surface area contributed by atoms with Crippen molar-refractivity contribution in [3.05, 3.63) is 59.7 Å². The molecule has 1 N–H and O–H groups in total. The number of benzene rings is 2. The van der Waals surface area contributed by atoms with Crippen LogP contribution in [0.25, 0.3) is 0 Å². The zero-order chi connectivity index (χ0) is 17.5. The average Bonchev–Trinajstić information content (AvgIpc) is 2.57. The molecule has 126 valence electrons. The highest BCUT2D eigenvalue weighted by Crippen LogP contribution is 2.16. The second-order valence-electron chi connectivity index (χ2n) is 5.36. The van der Waals surface area contributed by atoms with Crippen molar-refractivity contribution in [3.63, 3.8) is 0 Å². The van der Waals surface area contributed by atoms with Gasteiger partial charge in [-0.2, -0.15) is 0 Å². The normalized spacial score (nSPS) is 11.5. The van der Waals surface area contributed by atoms with Crippen LogP contribution in [0.3, 0.4) is 0 Å². The Kier molecular flexibility index (Phi) is 5.95. The molecule has 0 fully saturated rings. The number of hydrogen-bond acceptors (Lipinski definition) is 4. The van der Waals surface area contributed by atoms with E-state index in [4.69, 9.17) is 9.47 Å². The smallest absolute Gasteiger partial charge is 0.338 e. The van der Waals surface area contributed by atoms with Crippen LogP contribution in [-0.2, 0) is 9.53 Å². The first-order chi connectivity index (χ1) is 11.5. The van der Waals surface area contributed by atoms with Crippen LogP contribution < -0.4 is 10.1 Å². The molecule has 1 atom stereocenters. The van der Waals surface area contributed by atoms with E-state index in [0.717, 1.165) is 11.3 Å². The third kappa shape index (κ3) is 4.84. The van der Waals surface area contributed by atoms with Crippen molar-refractivity contribution in [2.45, 2.75) is 26.9 Å². The van der Waals surface area contributed by atoms with Crippen LogP contribution in [0.15, 0.2) is 48.5 Å². The maximum absolute atomic E-state index is 12.2. The maximum Gasteiger partial charge on any atom is 0.338 e. The summed E-state index contributed by atoms with van der Waals surface area (Å²) in [7, 11) is 0. The monoisotopic (exact) mass is 327 g/mol. The fraction of sp³-hybridized carbons (Fsp3) is 0.263. The lowest BCUT2D eigenvalue weighted by molar-refractivity contribution is -0.122. The molecule has 2 aromatic carbocycles. The summed E-state index contributed by atoms with van der Waals surface area (Å²) in [6.07, 6.45) is -0.667. The molecule has 0 unspecified atom stereocenters. The van der Waals surface area contributed by atoms with Crippen molar-refractivity contribution in [1.82, 2.24) is 0 Å². The van der Waals surface area contributed by atoms with Gasteiger partial charge in [0.2, 0.25) is 0 Å². The van der Waals surface area contributed by atoms with Gasteiger partial charge in [-0.1, -0.05) is 17.7 Å². The van der Waals surface area contributed by atoms with Crippen molar-refractivity contribution < 1.29 is 19.1 Å². The summed E-state index contributed by atoms with van der Waals surface area (Å²) in [6, 6.07) is 14.0. The molecule has 0 spiro atoms. The number of amides is 1. The Morgan fingerprint density at radius 1 is 1.04 bits per heavy atom. The Bertz CT molecular complexity index is 692. The van der Waals surface area contributed by atoms with Gasteiger partial charge in [0.15, 0.2) is 6.10 Å². The molecule has 0 radical (unpaired) electrons. The van der Waals surface area contributed by atoms with Gasteiger partial charge in [-0.25, -0.2) is 4.79 Å². The summed E-state index contributed by atoms with van der Waals surface area (Å²) in [5.74, 6) is -0.114. The molecule has 0 saturated heterocycles. The minimum Gasteiger partial charge on any atom is -0.481 e. The Morgan fingerprint density at radius 2 is 1.67 bits per heavy atom. The zero-order valence-electron chi connectivity index (χ0n) is 14.0. The fourth-order valence-corrected chi connectivity index (χ4v) is 2.02. The van der Waals surface area contributed by atoms with E-state index < -0.39 is 6.10 Å². The fourth-order valence-electron chi connectivity index (χ4n) is 2.02. The lowest BCUT2D eigenvalue weighted by Crippen LogP contribution is -2.30. The summed E-state index contributed by atoms with van der Waals surface area (Å²) >= 11 is 0. The molecule has 0 aliphatic carbocycles. The van der Waals surface area contributed by atoms with Crippen LogP contribution in [0, 0.1) is 6.92 Å². The van der Waals surface area contributed by atoms with Crippen LogP contribution in [0.1, 0.15) is 29.8 Å². The lowest BCUT2D eigenvalue weighted by Gasteiger charge is -2.15. The first kappa shape index (κ1) is 17.5. The number of aryl methyl sites for hydroxylation is 1. The minimum atomic E-state index is -0.667. The van der Waals surface area contributed by atoms with Gasteiger partial charge in [-0.3, -0.25) is 4.79 Å². The number of rotatable bonds is 6. The van der Waals surface area contributed by atoms with E-state index in [2.05, 4.69) is 5.32 Å². The maximum atomic E-state index is 12.2. The van der Waals surface area contributed by atoms with Gasteiger partial charge in [-0.05, 0) is 57.2 Å². The highest BCUT2D eigenvalue weighted by atomic mass is 16.5. The van der Waals surface area contributed by atoms with Gasteiger partial charge < -0.3 is 14.8 Å². The standard InChI is InChI=1S/C19H21NO4/c1-4-23-19(22)15-7-11-17(12-8-15)24-14(3)18(21)20-16-9-5-13(2)6-10-16/h5-12,14H,4H2,1-3H3,(H,20,21)/t14-/m0/s1. The zero-order valence-corrected chi connectivity index (χ0v) is 14.0. The Morgan fingerprint density at radius 3 is 2.25 bits per heavy atom. The molecule has 0 heterocycles. The van der Waals surface area contributed by atoms with Gasteiger partial charge in [0.05, 0.1) is 12.2 Å². The molecule has 1 amide bonds. The van der Waals surface area contributed by atoms with Gasteiger partial charge in [-0.15, -0.1) is 0 Å². The average molecular weight is 327 g/mol. The van der Waals surface area contributed by atoms with Crippen molar-refractivity contribution in [1.29, 1.82) is 0 Å². The quantitative estimate of drug-likeness (QED) is 0.824. The lowest BCUT2D eigenvalue weighted by atomic mass is 10.2. The van der Waals surface area contributed by atoms with Crippen LogP contribution in [-0.4, -0.2) is 24.6 Å². The molecular weight excluding hydrogens is 306 g/mol. The van der Waals surface area contributed by atoms with E-state index in [-0.39, 0.29) is 11.9 Å². The minimum absolute atomic E-state index is 0.242.